The zero-order valence-electron chi connectivity index (χ0n) is 12.1. The minimum absolute atomic E-state index is 0.186. The van der Waals surface area contributed by atoms with Gasteiger partial charge in [-0.3, -0.25) is 4.79 Å². The van der Waals surface area contributed by atoms with Gasteiger partial charge in [0.1, 0.15) is 6.54 Å². The number of benzene rings is 1. The van der Waals surface area contributed by atoms with Gasteiger partial charge in [0, 0.05) is 5.69 Å². The van der Waals surface area contributed by atoms with Crippen LogP contribution >= 0.6 is 0 Å². The van der Waals surface area contributed by atoms with Crippen LogP contribution in [0.3, 0.4) is 0 Å². The lowest BCUT2D eigenvalue weighted by Gasteiger charge is -2.08. The van der Waals surface area contributed by atoms with Crippen LogP contribution in [0.5, 0.6) is 0 Å². The lowest BCUT2D eigenvalue weighted by molar-refractivity contribution is -0.139. The van der Waals surface area contributed by atoms with E-state index in [0.717, 1.165) is 16.9 Å². The van der Waals surface area contributed by atoms with Crippen LogP contribution in [-0.4, -0.2) is 35.6 Å². The van der Waals surface area contributed by atoms with Crippen molar-refractivity contribution in [2.75, 3.05) is 19.0 Å². The van der Waals surface area contributed by atoms with Crippen LogP contribution < -0.4 is 10.6 Å². The quantitative estimate of drug-likeness (QED) is 0.836. The van der Waals surface area contributed by atoms with Crippen LogP contribution in [0.1, 0.15) is 11.4 Å². The molecule has 7 nitrogen and oxygen atoms in total. The van der Waals surface area contributed by atoms with E-state index in [-0.39, 0.29) is 6.54 Å². The van der Waals surface area contributed by atoms with Crippen molar-refractivity contribution in [3.05, 3.63) is 29.6 Å². The first kappa shape index (κ1) is 14.7. The molecule has 0 unspecified atom stereocenters. The van der Waals surface area contributed by atoms with Crippen LogP contribution in [0.15, 0.2) is 18.2 Å². The van der Waals surface area contributed by atoms with Gasteiger partial charge in [-0.25, -0.2) is 14.8 Å². The third kappa shape index (κ3) is 3.65. The molecule has 1 aromatic heterocycles. The molecule has 0 saturated heterocycles. The number of methoxy groups -OCH3 is 1. The Morgan fingerprint density at radius 1 is 1.14 bits per heavy atom. The average molecular weight is 288 g/mol. The molecule has 0 radical (unpaired) electrons. The maximum atomic E-state index is 11.6. The summed E-state index contributed by atoms with van der Waals surface area (Å²) in [5.41, 5.74) is 3.75. The van der Waals surface area contributed by atoms with Crippen LogP contribution in [0, 0.1) is 13.8 Å². The SMILES string of the molecule is COC(=O)CNC(=O)Nc1ccc2nc(C)c(C)nc2c1. The van der Waals surface area contributed by atoms with Crippen LogP contribution in [0.25, 0.3) is 11.0 Å². The van der Waals surface area contributed by atoms with E-state index >= 15 is 0 Å². The molecule has 0 aliphatic heterocycles. The summed E-state index contributed by atoms with van der Waals surface area (Å²) in [5, 5.41) is 5.01. The lowest BCUT2D eigenvalue weighted by Crippen LogP contribution is -2.33. The van der Waals surface area contributed by atoms with Gasteiger partial charge in [-0.2, -0.15) is 0 Å². The molecule has 2 aromatic rings. The molecule has 0 fully saturated rings. The molecule has 7 heteroatoms. The first-order valence-corrected chi connectivity index (χ1v) is 6.36. The van der Waals surface area contributed by atoms with Crippen molar-refractivity contribution in [2.24, 2.45) is 0 Å². The summed E-state index contributed by atoms with van der Waals surface area (Å²) in [4.78, 5) is 31.4. The molecule has 2 amide bonds. The van der Waals surface area contributed by atoms with Gasteiger partial charge in [0.2, 0.25) is 0 Å². The largest absolute Gasteiger partial charge is 0.468 e. The van der Waals surface area contributed by atoms with Gasteiger partial charge in [0.25, 0.3) is 0 Å². The Balaban J connectivity index is 2.10. The highest BCUT2D eigenvalue weighted by Gasteiger charge is 2.07. The topological polar surface area (TPSA) is 93.2 Å². The fourth-order valence-electron chi connectivity index (χ4n) is 1.71. The first-order chi connectivity index (χ1) is 9.99. The second kappa shape index (κ2) is 6.17. The fourth-order valence-corrected chi connectivity index (χ4v) is 1.71. The number of esters is 1. The maximum absolute atomic E-state index is 11.6. The Labute approximate surface area is 121 Å². The first-order valence-electron chi connectivity index (χ1n) is 6.36. The summed E-state index contributed by atoms with van der Waals surface area (Å²) in [7, 11) is 1.26. The minimum atomic E-state index is -0.513. The summed E-state index contributed by atoms with van der Waals surface area (Å²) < 4.78 is 4.43. The van der Waals surface area contributed by atoms with E-state index in [1.165, 1.54) is 7.11 Å². The molecule has 0 aliphatic rings. The molecule has 110 valence electrons. The maximum Gasteiger partial charge on any atom is 0.325 e. The summed E-state index contributed by atoms with van der Waals surface area (Å²) in [6, 6.07) is 4.75. The molecule has 1 heterocycles. The Morgan fingerprint density at radius 3 is 2.48 bits per heavy atom. The van der Waals surface area contributed by atoms with E-state index in [1.54, 1.807) is 18.2 Å². The van der Waals surface area contributed by atoms with E-state index in [2.05, 4.69) is 25.3 Å². The van der Waals surface area contributed by atoms with Crippen molar-refractivity contribution < 1.29 is 14.3 Å². The Hall–Kier alpha value is -2.70. The summed E-state index contributed by atoms with van der Waals surface area (Å²) in [5.74, 6) is -0.513. The smallest absolute Gasteiger partial charge is 0.325 e. The molecule has 0 saturated carbocycles. The number of hydrogen-bond donors (Lipinski definition) is 2. The van der Waals surface area contributed by atoms with E-state index < -0.39 is 12.0 Å². The monoisotopic (exact) mass is 288 g/mol. The number of hydrogen-bond acceptors (Lipinski definition) is 5. The molecule has 0 atom stereocenters. The van der Waals surface area contributed by atoms with Crippen molar-refractivity contribution in [3.63, 3.8) is 0 Å². The van der Waals surface area contributed by atoms with Crippen molar-refractivity contribution in [3.8, 4) is 0 Å². The van der Waals surface area contributed by atoms with Gasteiger partial charge in [0.05, 0.1) is 29.5 Å². The summed E-state index contributed by atoms with van der Waals surface area (Å²) in [6.45, 7) is 3.59. The molecule has 21 heavy (non-hydrogen) atoms. The van der Waals surface area contributed by atoms with Crippen LogP contribution in [-0.2, 0) is 9.53 Å². The number of carbonyl (C=O) groups excluding carboxylic acids is 2. The number of ether oxygens (including phenoxy) is 1. The Kier molecular flexibility index (Phi) is 4.32. The number of anilines is 1. The zero-order valence-corrected chi connectivity index (χ0v) is 12.1. The highest BCUT2D eigenvalue weighted by Crippen LogP contribution is 2.17. The zero-order chi connectivity index (χ0) is 15.4. The molecular weight excluding hydrogens is 272 g/mol. The highest BCUT2D eigenvalue weighted by atomic mass is 16.5. The van der Waals surface area contributed by atoms with Gasteiger partial charge >= 0.3 is 12.0 Å². The van der Waals surface area contributed by atoms with Crippen molar-refractivity contribution in [2.45, 2.75) is 13.8 Å². The summed E-state index contributed by atoms with van der Waals surface area (Å²) >= 11 is 0. The van der Waals surface area contributed by atoms with Crippen molar-refractivity contribution in [1.82, 2.24) is 15.3 Å². The van der Waals surface area contributed by atoms with Gasteiger partial charge in [0.15, 0.2) is 0 Å². The molecular formula is C14H16N4O3. The van der Waals surface area contributed by atoms with E-state index in [9.17, 15) is 9.59 Å². The third-order valence-electron chi connectivity index (χ3n) is 2.95. The van der Waals surface area contributed by atoms with Gasteiger partial charge in [-0.05, 0) is 32.0 Å². The predicted molar refractivity (Wildman–Crippen MR) is 78.0 cm³/mol. The number of nitrogens with one attached hydrogen (secondary N) is 2. The third-order valence-corrected chi connectivity index (χ3v) is 2.95. The number of aryl methyl sites for hydroxylation is 2. The molecule has 0 bridgehead atoms. The Bertz CT molecular complexity index is 700. The van der Waals surface area contributed by atoms with Crippen molar-refractivity contribution in [1.29, 1.82) is 0 Å². The second-order valence-electron chi connectivity index (χ2n) is 4.48. The van der Waals surface area contributed by atoms with Gasteiger partial charge in [-0.15, -0.1) is 0 Å². The Morgan fingerprint density at radius 2 is 1.81 bits per heavy atom. The number of carbonyl (C=O) groups is 2. The van der Waals surface area contributed by atoms with E-state index in [4.69, 9.17) is 0 Å². The number of amides is 2. The lowest BCUT2D eigenvalue weighted by atomic mass is 10.2. The molecule has 0 spiro atoms. The minimum Gasteiger partial charge on any atom is -0.468 e. The number of urea groups is 1. The molecule has 2 rings (SSSR count). The van der Waals surface area contributed by atoms with Crippen molar-refractivity contribution >= 4 is 28.7 Å². The van der Waals surface area contributed by atoms with Crippen LogP contribution in [0.2, 0.25) is 0 Å². The number of aromatic nitrogens is 2. The number of nitrogens with zero attached hydrogens (tertiary/aromatic N) is 2. The highest BCUT2D eigenvalue weighted by molar-refractivity contribution is 5.93. The summed E-state index contributed by atoms with van der Waals surface area (Å²) in [6.07, 6.45) is 0. The fraction of sp³-hybridized carbons (Fsp3) is 0.286. The molecule has 1 aromatic carbocycles. The number of fused-ring (bicyclic) bond motifs is 1. The van der Waals surface area contributed by atoms with E-state index in [0.29, 0.717) is 11.2 Å². The standard InChI is InChI=1S/C14H16N4O3/c1-8-9(2)17-12-6-10(4-5-11(12)16-8)18-14(20)15-7-13(19)21-3/h4-6H,7H2,1-3H3,(H2,15,18,20). The average Bonchev–Trinajstić information content (AvgIpc) is 2.46. The van der Waals surface area contributed by atoms with Crippen LogP contribution in [0.4, 0.5) is 10.5 Å². The van der Waals surface area contributed by atoms with Gasteiger partial charge < -0.3 is 15.4 Å². The van der Waals surface area contributed by atoms with E-state index in [1.807, 2.05) is 13.8 Å². The normalized spacial score (nSPS) is 10.2. The van der Waals surface area contributed by atoms with Gasteiger partial charge in [-0.1, -0.05) is 0 Å². The second-order valence-corrected chi connectivity index (χ2v) is 4.48. The molecule has 2 N–H and O–H groups in total. The molecule has 0 aliphatic carbocycles. The predicted octanol–water partition coefficient (Wildman–Crippen LogP) is 1.54. The number of rotatable bonds is 3.